The lowest BCUT2D eigenvalue weighted by molar-refractivity contribution is -0.132. The largest absolute Gasteiger partial charge is 0.377 e. The highest BCUT2D eigenvalue weighted by Crippen LogP contribution is 2.22. The van der Waals surface area contributed by atoms with Gasteiger partial charge in [0, 0.05) is 64.7 Å². The number of carbonyl (C=O) groups is 2. The first-order valence-electron chi connectivity index (χ1n) is 9.69. The maximum Gasteiger partial charge on any atom is 0.321 e. The van der Waals surface area contributed by atoms with Gasteiger partial charge in [0.2, 0.25) is 5.91 Å². The summed E-state index contributed by atoms with van der Waals surface area (Å²) in [5.74, 6) is 0.161. The minimum Gasteiger partial charge on any atom is -0.377 e. The fourth-order valence-electron chi connectivity index (χ4n) is 3.41. The summed E-state index contributed by atoms with van der Waals surface area (Å²) in [6.45, 7) is 10.6. The van der Waals surface area contributed by atoms with Crippen molar-refractivity contribution in [1.82, 2.24) is 14.7 Å². The number of likely N-dealkylation sites (N-methyl/N-ethyl adjacent to an activating group) is 1. The van der Waals surface area contributed by atoms with Crippen LogP contribution in [-0.4, -0.2) is 86.5 Å². The molecular weight excluding hydrogens is 342 g/mol. The maximum absolute atomic E-state index is 12.5. The Balaban J connectivity index is 1.84. The number of benzene rings is 1. The molecule has 1 saturated heterocycles. The lowest BCUT2D eigenvalue weighted by atomic mass is 10.1. The third-order valence-corrected chi connectivity index (χ3v) is 5.06. The normalized spacial score (nSPS) is 14.8. The van der Waals surface area contributed by atoms with Gasteiger partial charge in [0.15, 0.2) is 0 Å². The van der Waals surface area contributed by atoms with Gasteiger partial charge in [0.1, 0.15) is 0 Å². The van der Waals surface area contributed by atoms with Crippen LogP contribution < -0.4 is 10.2 Å². The molecule has 3 amide bonds. The summed E-state index contributed by atoms with van der Waals surface area (Å²) in [7, 11) is 4.01. The molecule has 150 valence electrons. The van der Waals surface area contributed by atoms with Crippen molar-refractivity contribution in [3.63, 3.8) is 0 Å². The highest BCUT2D eigenvalue weighted by Gasteiger charge is 2.23. The molecule has 0 bridgehead atoms. The molecule has 1 heterocycles. The highest BCUT2D eigenvalue weighted by atomic mass is 16.2. The number of nitrogens with zero attached hydrogens (tertiary/aromatic N) is 4. The zero-order chi connectivity index (χ0) is 20.0. The van der Waals surface area contributed by atoms with Gasteiger partial charge < -0.3 is 20.0 Å². The Kier molecular flexibility index (Phi) is 7.47. The molecule has 0 spiro atoms. The smallest absolute Gasteiger partial charge is 0.321 e. The predicted molar refractivity (Wildman–Crippen MR) is 110 cm³/mol. The molecule has 2 rings (SSSR count). The van der Waals surface area contributed by atoms with Crippen molar-refractivity contribution in [3.8, 4) is 0 Å². The second-order valence-electron chi connectivity index (χ2n) is 7.16. The van der Waals surface area contributed by atoms with Gasteiger partial charge in [0.25, 0.3) is 0 Å². The summed E-state index contributed by atoms with van der Waals surface area (Å²) >= 11 is 0. The van der Waals surface area contributed by atoms with E-state index in [1.807, 2.05) is 62.9 Å². The topological polar surface area (TPSA) is 59.1 Å². The van der Waals surface area contributed by atoms with Crippen molar-refractivity contribution in [2.24, 2.45) is 0 Å². The van der Waals surface area contributed by atoms with Crippen LogP contribution in [0.25, 0.3) is 0 Å². The fraction of sp³-hybridized carbons (Fsp3) is 0.600. The fourth-order valence-corrected chi connectivity index (χ4v) is 3.41. The van der Waals surface area contributed by atoms with Gasteiger partial charge in [-0.3, -0.25) is 9.69 Å². The number of aryl methyl sites for hydroxylation is 1. The van der Waals surface area contributed by atoms with Crippen LogP contribution in [0.4, 0.5) is 16.2 Å². The van der Waals surface area contributed by atoms with Gasteiger partial charge in [-0.15, -0.1) is 0 Å². The van der Waals surface area contributed by atoms with Gasteiger partial charge in [-0.05, 0) is 44.5 Å². The van der Waals surface area contributed by atoms with Crippen molar-refractivity contribution in [1.29, 1.82) is 0 Å². The number of hydrogen-bond donors (Lipinski definition) is 1. The minimum absolute atomic E-state index is 0.0817. The van der Waals surface area contributed by atoms with Crippen LogP contribution in [0.15, 0.2) is 18.2 Å². The lowest BCUT2D eigenvalue weighted by Gasteiger charge is -2.35. The zero-order valence-corrected chi connectivity index (χ0v) is 17.3. The standard InChI is InChI=1S/C20H33N5O2/c1-6-24(7-2)19(26)15-23-10-12-25(13-11-23)20(27)21-17-8-9-18(22(4)5)16(3)14-17/h8-9,14H,6-7,10-13,15H2,1-5H3,(H,21,27). The van der Waals surface area contributed by atoms with Crippen molar-refractivity contribution in [3.05, 3.63) is 23.8 Å². The molecule has 1 N–H and O–H groups in total. The summed E-state index contributed by atoms with van der Waals surface area (Å²) in [6.07, 6.45) is 0. The summed E-state index contributed by atoms with van der Waals surface area (Å²) in [5.41, 5.74) is 3.07. The predicted octanol–water partition coefficient (Wildman–Crippen LogP) is 2.08. The van der Waals surface area contributed by atoms with Crippen LogP contribution in [-0.2, 0) is 4.79 Å². The number of piperazine rings is 1. The zero-order valence-electron chi connectivity index (χ0n) is 17.3. The number of amides is 3. The Bertz CT molecular complexity index is 650. The van der Waals surface area contributed by atoms with Crippen molar-refractivity contribution in [2.45, 2.75) is 20.8 Å². The first kappa shape index (κ1) is 21.0. The van der Waals surface area contributed by atoms with E-state index in [9.17, 15) is 9.59 Å². The van der Waals surface area contributed by atoms with Crippen LogP contribution in [0, 0.1) is 6.92 Å². The minimum atomic E-state index is -0.0817. The summed E-state index contributed by atoms with van der Waals surface area (Å²) < 4.78 is 0. The molecule has 0 saturated carbocycles. The molecule has 1 aromatic carbocycles. The molecule has 1 aromatic rings. The Morgan fingerprint density at radius 1 is 1.07 bits per heavy atom. The molecule has 27 heavy (non-hydrogen) atoms. The number of anilines is 2. The van der Waals surface area contributed by atoms with Crippen LogP contribution in [0.1, 0.15) is 19.4 Å². The maximum atomic E-state index is 12.5. The molecule has 7 nitrogen and oxygen atoms in total. The van der Waals surface area contributed by atoms with Crippen molar-refractivity contribution < 1.29 is 9.59 Å². The monoisotopic (exact) mass is 375 g/mol. The van der Waals surface area contributed by atoms with Gasteiger partial charge in [-0.2, -0.15) is 0 Å². The molecular formula is C20H33N5O2. The van der Waals surface area contributed by atoms with E-state index >= 15 is 0 Å². The second-order valence-corrected chi connectivity index (χ2v) is 7.16. The molecule has 0 radical (unpaired) electrons. The molecule has 7 heteroatoms. The number of hydrogen-bond acceptors (Lipinski definition) is 4. The molecule has 0 unspecified atom stereocenters. The number of urea groups is 1. The third-order valence-electron chi connectivity index (χ3n) is 5.06. The summed E-state index contributed by atoms with van der Waals surface area (Å²) in [6, 6.07) is 5.86. The molecule has 0 aromatic heterocycles. The van der Waals surface area contributed by atoms with E-state index in [0.717, 1.165) is 43.1 Å². The van der Waals surface area contributed by atoms with E-state index in [4.69, 9.17) is 0 Å². The quantitative estimate of drug-likeness (QED) is 0.827. The van der Waals surface area contributed by atoms with Gasteiger partial charge in [-0.25, -0.2) is 4.79 Å². The van der Waals surface area contributed by atoms with Crippen LogP contribution >= 0.6 is 0 Å². The highest BCUT2D eigenvalue weighted by molar-refractivity contribution is 5.90. The van der Waals surface area contributed by atoms with E-state index in [0.29, 0.717) is 19.6 Å². The van der Waals surface area contributed by atoms with Crippen LogP contribution in [0.3, 0.4) is 0 Å². The molecule has 1 fully saturated rings. The van der Waals surface area contributed by atoms with Gasteiger partial charge in [0.05, 0.1) is 6.54 Å². The van der Waals surface area contributed by atoms with Crippen LogP contribution in [0.2, 0.25) is 0 Å². The number of rotatable bonds is 6. The van der Waals surface area contributed by atoms with Gasteiger partial charge in [-0.1, -0.05) is 0 Å². The number of carbonyl (C=O) groups excluding carboxylic acids is 2. The van der Waals surface area contributed by atoms with E-state index in [-0.39, 0.29) is 11.9 Å². The molecule has 0 atom stereocenters. The Morgan fingerprint density at radius 3 is 2.22 bits per heavy atom. The first-order valence-corrected chi connectivity index (χ1v) is 9.69. The van der Waals surface area contributed by atoms with Gasteiger partial charge >= 0.3 is 6.03 Å². The van der Waals surface area contributed by atoms with Crippen molar-refractivity contribution >= 4 is 23.3 Å². The van der Waals surface area contributed by atoms with E-state index < -0.39 is 0 Å². The number of nitrogens with one attached hydrogen (secondary N) is 1. The third kappa shape index (κ3) is 5.60. The molecule has 0 aliphatic carbocycles. The van der Waals surface area contributed by atoms with E-state index in [1.165, 1.54) is 0 Å². The Morgan fingerprint density at radius 2 is 1.70 bits per heavy atom. The first-order chi connectivity index (χ1) is 12.8. The van der Waals surface area contributed by atoms with Crippen LogP contribution in [0.5, 0.6) is 0 Å². The second kappa shape index (κ2) is 9.60. The molecule has 1 aliphatic rings. The average Bonchev–Trinajstić information content (AvgIpc) is 2.63. The lowest BCUT2D eigenvalue weighted by Crippen LogP contribution is -2.52. The Labute approximate surface area is 162 Å². The van der Waals surface area contributed by atoms with Crippen molar-refractivity contribution in [2.75, 3.05) is 70.1 Å². The molecule has 1 aliphatic heterocycles. The Hall–Kier alpha value is -2.28. The van der Waals surface area contributed by atoms with E-state index in [1.54, 1.807) is 0 Å². The SMILES string of the molecule is CCN(CC)C(=O)CN1CCN(C(=O)Nc2ccc(N(C)C)c(C)c2)CC1. The summed E-state index contributed by atoms with van der Waals surface area (Å²) in [5, 5.41) is 2.99. The average molecular weight is 376 g/mol. The summed E-state index contributed by atoms with van der Waals surface area (Å²) in [4.78, 5) is 32.6. The van der Waals surface area contributed by atoms with E-state index in [2.05, 4.69) is 15.1 Å².